The van der Waals surface area contributed by atoms with Crippen molar-refractivity contribution in [1.29, 1.82) is 0 Å². The predicted molar refractivity (Wildman–Crippen MR) is 67.4 cm³/mol. The van der Waals surface area contributed by atoms with Crippen LogP contribution < -0.4 is 11.3 Å². The third-order valence-electron chi connectivity index (χ3n) is 2.62. The molecule has 0 bridgehead atoms. The summed E-state index contributed by atoms with van der Waals surface area (Å²) in [5.74, 6) is 0.473. The van der Waals surface area contributed by atoms with Crippen molar-refractivity contribution < 1.29 is 0 Å². The Morgan fingerprint density at radius 1 is 1.38 bits per heavy atom. The first-order valence-corrected chi connectivity index (χ1v) is 6.01. The van der Waals surface area contributed by atoms with Crippen LogP contribution in [-0.4, -0.2) is 4.57 Å². The fraction of sp³-hybridized carbons (Fsp3) is 0.615. The third-order valence-corrected chi connectivity index (χ3v) is 2.62. The van der Waals surface area contributed by atoms with Gasteiger partial charge in [0.2, 0.25) is 0 Å². The molecule has 1 rings (SSSR count). The standard InChI is InChI=1S/C13H22N2O/c1-4-5-12-7-6-11(8-14)13(16)15(12)9-10(2)3/h6-7,10H,4-5,8-9,14H2,1-3H3. The smallest absolute Gasteiger partial charge is 0.255 e. The number of nitrogens with zero attached hydrogens (tertiary/aromatic N) is 1. The monoisotopic (exact) mass is 222 g/mol. The molecule has 0 aliphatic heterocycles. The van der Waals surface area contributed by atoms with Crippen molar-refractivity contribution in [2.45, 2.75) is 46.7 Å². The van der Waals surface area contributed by atoms with E-state index in [2.05, 4.69) is 20.8 Å². The van der Waals surface area contributed by atoms with Gasteiger partial charge in [-0.25, -0.2) is 0 Å². The molecular weight excluding hydrogens is 200 g/mol. The Hall–Kier alpha value is -1.09. The normalized spacial score (nSPS) is 11.1. The van der Waals surface area contributed by atoms with E-state index in [1.165, 1.54) is 0 Å². The Bertz CT molecular complexity index is 393. The number of pyridine rings is 1. The number of hydrogen-bond acceptors (Lipinski definition) is 2. The summed E-state index contributed by atoms with van der Waals surface area (Å²) in [4.78, 5) is 12.1. The van der Waals surface area contributed by atoms with Gasteiger partial charge in [0.1, 0.15) is 0 Å². The summed E-state index contributed by atoms with van der Waals surface area (Å²) in [6, 6.07) is 3.90. The van der Waals surface area contributed by atoms with E-state index >= 15 is 0 Å². The molecule has 1 heterocycles. The summed E-state index contributed by atoms with van der Waals surface area (Å²) < 4.78 is 1.89. The number of hydrogen-bond donors (Lipinski definition) is 1. The molecule has 1 aromatic rings. The maximum Gasteiger partial charge on any atom is 0.255 e. The quantitative estimate of drug-likeness (QED) is 0.827. The number of nitrogens with two attached hydrogens (primary N) is 1. The van der Waals surface area contributed by atoms with E-state index in [4.69, 9.17) is 5.73 Å². The number of aryl methyl sites for hydroxylation is 1. The summed E-state index contributed by atoms with van der Waals surface area (Å²) in [6.45, 7) is 7.47. The molecule has 0 fully saturated rings. The zero-order chi connectivity index (χ0) is 12.1. The Kier molecular flexibility index (Phi) is 4.74. The second kappa shape index (κ2) is 5.85. The lowest BCUT2D eigenvalue weighted by molar-refractivity contribution is 0.491. The zero-order valence-corrected chi connectivity index (χ0v) is 10.5. The van der Waals surface area contributed by atoms with Gasteiger partial charge in [-0.3, -0.25) is 4.79 Å². The third kappa shape index (κ3) is 2.95. The molecule has 0 aliphatic rings. The van der Waals surface area contributed by atoms with Gasteiger partial charge in [0, 0.05) is 24.3 Å². The molecule has 3 heteroatoms. The van der Waals surface area contributed by atoms with Gasteiger partial charge in [0.25, 0.3) is 5.56 Å². The minimum Gasteiger partial charge on any atom is -0.326 e. The van der Waals surface area contributed by atoms with Gasteiger partial charge in [-0.15, -0.1) is 0 Å². The first-order chi connectivity index (χ1) is 7.60. The van der Waals surface area contributed by atoms with Gasteiger partial charge < -0.3 is 10.3 Å². The Balaban J connectivity index is 3.19. The maximum absolute atomic E-state index is 12.1. The average Bonchev–Trinajstić information content (AvgIpc) is 2.23. The molecular formula is C13H22N2O. The van der Waals surface area contributed by atoms with Crippen LogP contribution in [-0.2, 0) is 19.5 Å². The predicted octanol–water partition coefficient (Wildman–Crippen LogP) is 1.92. The van der Waals surface area contributed by atoms with E-state index in [-0.39, 0.29) is 5.56 Å². The highest BCUT2D eigenvalue weighted by Crippen LogP contribution is 2.06. The van der Waals surface area contributed by atoms with Gasteiger partial charge in [0.05, 0.1) is 0 Å². The summed E-state index contributed by atoms with van der Waals surface area (Å²) in [7, 11) is 0. The van der Waals surface area contributed by atoms with Crippen LogP contribution in [0, 0.1) is 5.92 Å². The van der Waals surface area contributed by atoms with Gasteiger partial charge in [-0.1, -0.05) is 33.3 Å². The van der Waals surface area contributed by atoms with Crippen LogP contribution in [0.15, 0.2) is 16.9 Å². The second-order valence-electron chi connectivity index (χ2n) is 4.61. The van der Waals surface area contributed by atoms with Crippen LogP contribution in [0.2, 0.25) is 0 Å². The maximum atomic E-state index is 12.1. The number of rotatable bonds is 5. The van der Waals surface area contributed by atoms with E-state index in [0.717, 1.165) is 25.1 Å². The molecule has 90 valence electrons. The van der Waals surface area contributed by atoms with Crippen molar-refractivity contribution in [3.8, 4) is 0 Å². The molecule has 0 atom stereocenters. The minimum atomic E-state index is 0.0853. The highest BCUT2D eigenvalue weighted by atomic mass is 16.1. The van der Waals surface area contributed by atoms with Crippen LogP contribution in [0.5, 0.6) is 0 Å². The summed E-state index contributed by atoms with van der Waals surface area (Å²) in [6.07, 6.45) is 2.01. The van der Waals surface area contributed by atoms with Gasteiger partial charge in [-0.2, -0.15) is 0 Å². The molecule has 0 aliphatic carbocycles. The molecule has 0 unspecified atom stereocenters. The fourth-order valence-corrected chi connectivity index (χ4v) is 1.86. The van der Waals surface area contributed by atoms with Gasteiger partial charge >= 0.3 is 0 Å². The lowest BCUT2D eigenvalue weighted by Crippen LogP contribution is -2.29. The fourth-order valence-electron chi connectivity index (χ4n) is 1.86. The van der Waals surface area contributed by atoms with Crippen molar-refractivity contribution in [1.82, 2.24) is 4.57 Å². The molecule has 0 amide bonds. The molecule has 1 aromatic heterocycles. The van der Waals surface area contributed by atoms with E-state index < -0.39 is 0 Å². The van der Waals surface area contributed by atoms with E-state index in [1.807, 2.05) is 16.7 Å². The number of aromatic nitrogens is 1. The highest BCUT2D eigenvalue weighted by molar-refractivity contribution is 5.16. The summed E-state index contributed by atoms with van der Waals surface area (Å²) >= 11 is 0. The molecule has 0 saturated heterocycles. The first kappa shape index (κ1) is 13.0. The van der Waals surface area contributed by atoms with E-state index in [1.54, 1.807) is 0 Å². The molecule has 3 nitrogen and oxygen atoms in total. The van der Waals surface area contributed by atoms with Gasteiger partial charge in [-0.05, 0) is 18.4 Å². The first-order valence-electron chi connectivity index (χ1n) is 6.01. The molecule has 2 N–H and O–H groups in total. The highest BCUT2D eigenvalue weighted by Gasteiger charge is 2.08. The van der Waals surface area contributed by atoms with Crippen LogP contribution in [0.1, 0.15) is 38.4 Å². The van der Waals surface area contributed by atoms with Crippen molar-refractivity contribution in [3.05, 3.63) is 33.7 Å². The Morgan fingerprint density at radius 2 is 2.06 bits per heavy atom. The van der Waals surface area contributed by atoms with Crippen molar-refractivity contribution in [3.63, 3.8) is 0 Å². The second-order valence-corrected chi connectivity index (χ2v) is 4.61. The summed E-state index contributed by atoms with van der Waals surface area (Å²) in [5, 5.41) is 0. The summed E-state index contributed by atoms with van der Waals surface area (Å²) in [5.41, 5.74) is 7.48. The van der Waals surface area contributed by atoms with Crippen molar-refractivity contribution in [2.75, 3.05) is 0 Å². The largest absolute Gasteiger partial charge is 0.326 e. The van der Waals surface area contributed by atoms with Crippen molar-refractivity contribution in [2.24, 2.45) is 11.7 Å². The van der Waals surface area contributed by atoms with Crippen LogP contribution >= 0.6 is 0 Å². The van der Waals surface area contributed by atoms with E-state index in [9.17, 15) is 4.79 Å². The lowest BCUT2D eigenvalue weighted by Gasteiger charge is -2.15. The molecule has 0 saturated carbocycles. The van der Waals surface area contributed by atoms with Crippen LogP contribution in [0.4, 0.5) is 0 Å². The Labute approximate surface area is 97.3 Å². The molecule has 0 aromatic carbocycles. The average molecular weight is 222 g/mol. The zero-order valence-electron chi connectivity index (χ0n) is 10.5. The van der Waals surface area contributed by atoms with Crippen LogP contribution in [0.3, 0.4) is 0 Å². The van der Waals surface area contributed by atoms with Crippen molar-refractivity contribution >= 4 is 0 Å². The van der Waals surface area contributed by atoms with Crippen LogP contribution in [0.25, 0.3) is 0 Å². The molecule has 0 radical (unpaired) electrons. The molecule has 16 heavy (non-hydrogen) atoms. The van der Waals surface area contributed by atoms with E-state index in [0.29, 0.717) is 18.0 Å². The van der Waals surface area contributed by atoms with Gasteiger partial charge in [0.15, 0.2) is 0 Å². The minimum absolute atomic E-state index is 0.0853. The topological polar surface area (TPSA) is 48.0 Å². The SMILES string of the molecule is CCCc1ccc(CN)c(=O)n1CC(C)C. The Morgan fingerprint density at radius 3 is 2.56 bits per heavy atom. The molecule has 0 spiro atoms. The lowest BCUT2D eigenvalue weighted by atomic mass is 10.1.